The van der Waals surface area contributed by atoms with Gasteiger partial charge in [0.15, 0.2) is 0 Å². The average molecular weight is 308 g/mol. The molecule has 1 aromatic heterocycles. The highest BCUT2D eigenvalue weighted by Gasteiger charge is 2.41. The molecule has 1 aliphatic rings. The molecule has 1 N–H and O–H groups in total. The van der Waals surface area contributed by atoms with Gasteiger partial charge in [-0.3, -0.25) is 14.9 Å². The van der Waals surface area contributed by atoms with Crippen molar-refractivity contribution < 1.29 is 9.59 Å². The third-order valence-corrected chi connectivity index (χ3v) is 3.80. The number of hydrogen-bond acceptors (Lipinski definition) is 3. The van der Waals surface area contributed by atoms with E-state index in [0.717, 1.165) is 0 Å². The first kappa shape index (κ1) is 13.6. The molecule has 1 unspecified atom stereocenters. The molecule has 1 aromatic rings. The van der Waals surface area contributed by atoms with Crippen LogP contribution in [0.3, 0.4) is 0 Å². The standard InChI is InChI=1S/C11H9Cl3N2O2/c12-7-2-1-6(9(13)15-7)5-11(14)4-3-8(17)16-10(11)18/h1-2H,3-5H2,(H,16,17,18). The molecule has 1 aliphatic heterocycles. The zero-order valence-electron chi connectivity index (χ0n) is 9.17. The van der Waals surface area contributed by atoms with E-state index in [1.807, 2.05) is 0 Å². The van der Waals surface area contributed by atoms with Gasteiger partial charge < -0.3 is 0 Å². The highest BCUT2D eigenvalue weighted by Crippen LogP contribution is 2.32. The lowest BCUT2D eigenvalue weighted by molar-refractivity contribution is -0.135. The first-order chi connectivity index (χ1) is 8.40. The second kappa shape index (κ2) is 5.03. The van der Waals surface area contributed by atoms with E-state index < -0.39 is 10.8 Å². The number of pyridine rings is 1. The molecule has 1 fully saturated rings. The summed E-state index contributed by atoms with van der Waals surface area (Å²) >= 11 is 17.9. The van der Waals surface area contributed by atoms with Gasteiger partial charge in [0.05, 0.1) is 0 Å². The van der Waals surface area contributed by atoms with Crippen LogP contribution in [0.5, 0.6) is 0 Å². The van der Waals surface area contributed by atoms with Crippen LogP contribution in [0.2, 0.25) is 10.3 Å². The Labute approximate surface area is 119 Å². The summed E-state index contributed by atoms with van der Waals surface area (Å²) in [5.74, 6) is -0.803. The quantitative estimate of drug-likeness (QED) is 0.518. The lowest BCUT2D eigenvalue weighted by atomic mass is 9.91. The van der Waals surface area contributed by atoms with Crippen LogP contribution in [-0.2, 0) is 16.0 Å². The van der Waals surface area contributed by atoms with Crippen LogP contribution in [0.1, 0.15) is 18.4 Å². The van der Waals surface area contributed by atoms with E-state index >= 15 is 0 Å². The lowest BCUT2D eigenvalue weighted by Gasteiger charge is -2.29. The molecule has 2 heterocycles. The molecule has 0 aromatic carbocycles. The van der Waals surface area contributed by atoms with Gasteiger partial charge in [0, 0.05) is 12.8 Å². The van der Waals surface area contributed by atoms with Crippen LogP contribution in [0.15, 0.2) is 12.1 Å². The van der Waals surface area contributed by atoms with Gasteiger partial charge in [0.25, 0.3) is 0 Å². The minimum absolute atomic E-state index is 0.205. The molecule has 1 saturated heterocycles. The van der Waals surface area contributed by atoms with Gasteiger partial charge in [-0.15, -0.1) is 11.6 Å². The fraction of sp³-hybridized carbons (Fsp3) is 0.364. The summed E-state index contributed by atoms with van der Waals surface area (Å²) < 4.78 is 0. The molecule has 1 atom stereocenters. The number of nitrogens with one attached hydrogen (secondary N) is 1. The monoisotopic (exact) mass is 306 g/mol. The second-order valence-corrected chi connectivity index (χ2v) is 5.57. The zero-order valence-corrected chi connectivity index (χ0v) is 11.4. The summed E-state index contributed by atoms with van der Waals surface area (Å²) in [6, 6.07) is 3.25. The van der Waals surface area contributed by atoms with E-state index in [1.165, 1.54) is 0 Å². The van der Waals surface area contributed by atoms with Gasteiger partial charge >= 0.3 is 0 Å². The Morgan fingerprint density at radius 1 is 1.33 bits per heavy atom. The fourth-order valence-electron chi connectivity index (χ4n) is 1.77. The molecule has 2 rings (SSSR count). The minimum atomic E-state index is -1.16. The molecule has 18 heavy (non-hydrogen) atoms. The van der Waals surface area contributed by atoms with Crippen molar-refractivity contribution in [2.75, 3.05) is 0 Å². The molecule has 7 heteroatoms. The van der Waals surface area contributed by atoms with Crippen LogP contribution in [0.4, 0.5) is 0 Å². The number of hydrogen-bond donors (Lipinski definition) is 1. The van der Waals surface area contributed by atoms with Gasteiger partial charge in [0.2, 0.25) is 11.8 Å². The number of carbonyl (C=O) groups excluding carboxylic acids is 2. The first-order valence-corrected chi connectivity index (χ1v) is 6.38. The third-order valence-electron chi connectivity index (χ3n) is 2.77. The number of piperidine rings is 1. The summed E-state index contributed by atoms with van der Waals surface area (Å²) in [5, 5.41) is 2.71. The zero-order chi connectivity index (χ0) is 13.3. The maximum Gasteiger partial charge on any atom is 0.248 e. The minimum Gasteiger partial charge on any atom is -0.295 e. The van der Waals surface area contributed by atoms with E-state index in [9.17, 15) is 9.59 Å². The molecule has 0 saturated carbocycles. The van der Waals surface area contributed by atoms with Crippen molar-refractivity contribution >= 4 is 46.6 Å². The second-order valence-electron chi connectivity index (χ2n) is 4.10. The van der Waals surface area contributed by atoms with E-state index in [4.69, 9.17) is 34.8 Å². The molecule has 0 radical (unpaired) electrons. The number of alkyl halides is 1. The number of nitrogens with zero attached hydrogens (tertiary/aromatic N) is 1. The summed E-state index contributed by atoms with van der Waals surface area (Å²) in [6.07, 6.45) is 0.697. The van der Waals surface area contributed by atoms with Crippen LogP contribution in [0.25, 0.3) is 0 Å². The SMILES string of the molecule is O=C1CCC(Cl)(Cc2ccc(Cl)nc2Cl)C(=O)N1. The predicted molar refractivity (Wildman–Crippen MR) is 68.9 cm³/mol. The van der Waals surface area contributed by atoms with Crippen molar-refractivity contribution in [3.05, 3.63) is 28.0 Å². The Balaban J connectivity index is 2.22. The molecule has 0 spiro atoms. The van der Waals surface area contributed by atoms with Crippen LogP contribution in [-0.4, -0.2) is 21.7 Å². The van der Waals surface area contributed by atoms with E-state index in [2.05, 4.69) is 10.3 Å². The number of rotatable bonds is 2. The van der Waals surface area contributed by atoms with Gasteiger partial charge in [-0.25, -0.2) is 4.98 Å². The van der Waals surface area contributed by atoms with Crippen molar-refractivity contribution in [2.45, 2.75) is 24.1 Å². The molecular formula is C11H9Cl3N2O2. The Morgan fingerprint density at radius 3 is 2.67 bits per heavy atom. The normalized spacial score (nSPS) is 23.9. The van der Waals surface area contributed by atoms with Crippen LogP contribution >= 0.6 is 34.8 Å². The Kier molecular flexibility index (Phi) is 3.80. The van der Waals surface area contributed by atoms with Gasteiger partial charge in [-0.2, -0.15) is 0 Å². The largest absolute Gasteiger partial charge is 0.295 e. The summed E-state index contributed by atoms with van der Waals surface area (Å²) in [4.78, 5) is 25.6. The third kappa shape index (κ3) is 2.76. The van der Waals surface area contributed by atoms with Crippen molar-refractivity contribution in [2.24, 2.45) is 0 Å². The molecule has 0 bridgehead atoms. The molecule has 2 amide bonds. The van der Waals surface area contributed by atoms with Crippen LogP contribution in [0, 0.1) is 0 Å². The summed E-state index contributed by atoms with van der Waals surface area (Å²) in [6.45, 7) is 0. The first-order valence-electron chi connectivity index (χ1n) is 5.25. The Bertz CT molecular complexity index is 521. The average Bonchev–Trinajstić information content (AvgIpc) is 2.29. The molecule has 4 nitrogen and oxygen atoms in total. The van der Waals surface area contributed by atoms with Crippen molar-refractivity contribution in [3.63, 3.8) is 0 Å². The summed E-state index contributed by atoms with van der Waals surface area (Å²) in [7, 11) is 0. The summed E-state index contributed by atoms with van der Waals surface area (Å²) in [5.41, 5.74) is 0.626. The smallest absolute Gasteiger partial charge is 0.248 e. The van der Waals surface area contributed by atoms with Crippen LogP contribution < -0.4 is 5.32 Å². The van der Waals surface area contributed by atoms with E-state index in [1.54, 1.807) is 12.1 Å². The van der Waals surface area contributed by atoms with Gasteiger partial charge in [0.1, 0.15) is 15.2 Å². The number of halogens is 3. The maximum atomic E-state index is 11.8. The maximum absolute atomic E-state index is 11.8. The number of imide groups is 1. The Hall–Kier alpha value is -0.840. The topological polar surface area (TPSA) is 59.1 Å². The molecular weight excluding hydrogens is 298 g/mol. The highest BCUT2D eigenvalue weighted by atomic mass is 35.5. The van der Waals surface area contributed by atoms with Gasteiger partial charge in [-0.05, 0) is 18.1 Å². The van der Waals surface area contributed by atoms with Gasteiger partial charge in [-0.1, -0.05) is 29.3 Å². The lowest BCUT2D eigenvalue weighted by Crippen LogP contribution is -2.51. The number of aromatic nitrogens is 1. The van der Waals surface area contributed by atoms with Crippen molar-refractivity contribution in [3.8, 4) is 0 Å². The highest BCUT2D eigenvalue weighted by molar-refractivity contribution is 6.37. The fourth-order valence-corrected chi connectivity index (χ4v) is 2.47. The molecule has 96 valence electrons. The molecule has 0 aliphatic carbocycles. The van der Waals surface area contributed by atoms with Crippen molar-refractivity contribution in [1.82, 2.24) is 10.3 Å². The van der Waals surface area contributed by atoms with E-state index in [0.29, 0.717) is 5.56 Å². The van der Waals surface area contributed by atoms with Crippen molar-refractivity contribution in [1.29, 1.82) is 0 Å². The number of carbonyl (C=O) groups is 2. The Morgan fingerprint density at radius 2 is 2.06 bits per heavy atom. The number of amides is 2. The predicted octanol–water partition coefficient (Wildman–Crippen LogP) is 2.35. The van der Waals surface area contributed by atoms with E-state index in [-0.39, 0.29) is 35.5 Å².